The third-order valence-electron chi connectivity index (χ3n) is 2.71. The lowest BCUT2D eigenvalue weighted by Crippen LogP contribution is -2.00. The third-order valence-corrected chi connectivity index (χ3v) is 3.61. The van der Waals surface area contributed by atoms with Crippen LogP contribution in [0, 0.1) is 0 Å². The topological polar surface area (TPSA) is 35.5 Å². The highest BCUT2D eigenvalue weighted by atomic mass is 32.1. The molecule has 3 nitrogen and oxygen atoms in total. The molecule has 0 spiro atoms. The highest BCUT2D eigenvalue weighted by Crippen LogP contribution is 2.37. The molecule has 100 valence electrons. The number of rotatable bonds is 6. The summed E-state index contributed by atoms with van der Waals surface area (Å²) < 4.78 is 11.0. The van der Waals surface area contributed by atoms with Crippen LogP contribution in [-0.2, 0) is 0 Å². The van der Waals surface area contributed by atoms with E-state index in [1.165, 1.54) is 0 Å². The van der Waals surface area contributed by atoms with Crippen molar-refractivity contribution in [2.45, 2.75) is 13.3 Å². The van der Waals surface area contributed by atoms with Gasteiger partial charge in [0.15, 0.2) is 6.29 Å². The molecule has 19 heavy (non-hydrogen) atoms. The van der Waals surface area contributed by atoms with Gasteiger partial charge >= 0.3 is 0 Å². The fourth-order valence-electron chi connectivity index (χ4n) is 1.80. The van der Waals surface area contributed by atoms with Gasteiger partial charge in [-0.15, -0.1) is 11.3 Å². The number of benzene rings is 1. The van der Waals surface area contributed by atoms with E-state index in [1.54, 1.807) is 24.5 Å². The van der Waals surface area contributed by atoms with Gasteiger partial charge in [-0.2, -0.15) is 0 Å². The van der Waals surface area contributed by atoms with Crippen LogP contribution in [0.1, 0.15) is 23.7 Å². The van der Waals surface area contributed by atoms with Gasteiger partial charge in [0.1, 0.15) is 11.5 Å². The van der Waals surface area contributed by atoms with Crippen LogP contribution in [0.2, 0.25) is 0 Å². The second-order valence-corrected chi connectivity index (χ2v) is 4.98. The average molecular weight is 276 g/mol. The first kappa shape index (κ1) is 13.6. The van der Waals surface area contributed by atoms with Crippen molar-refractivity contribution in [3.63, 3.8) is 0 Å². The zero-order chi connectivity index (χ0) is 13.7. The molecular weight excluding hydrogens is 260 g/mol. The van der Waals surface area contributed by atoms with E-state index in [-0.39, 0.29) is 0 Å². The summed E-state index contributed by atoms with van der Waals surface area (Å²) >= 11 is 1.61. The normalized spacial score (nSPS) is 10.2. The summed E-state index contributed by atoms with van der Waals surface area (Å²) in [6, 6.07) is 7.59. The largest absolute Gasteiger partial charge is 0.496 e. The van der Waals surface area contributed by atoms with Crippen molar-refractivity contribution in [3.05, 3.63) is 35.2 Å². The van der Waals surface area contributed by atoms with Crippen LogP contribution < -0.4 is 9.47 Å². The SMILES string of the molecule is CCCOc1cc(OC)c(-c2cccs2)cc1C=O. The molecule has 4 heteroatoms. The van der Waals surface area contributed by atoms with Gasteiger partial charge in [-0.3, -0.25) is 4.79 Å². The maximum absolute atomic E-state index is 11.2. The van der Waals surface area contributed by atoms with E-state index in [2.05, 4.69) is 0 Å². The maximum Gasteiger partial charge on any atom is 0.153 e. The number of aldehydes is 1. The summed E-state index contributed by atoms with van der Waals surface area (Å²) in [4.78, 5) is 12.3. The van der Waals surface area contributed by atoms with Gasteiger partial charge in [-0.25, -0.2) is 0 Å². The first-order valence-electron chi connectivity index (χ1n) is 6.14. The van der Waals surface area contributed by atoms with Crippen LogP contribution in [0.25, 0.3) is 10.4 Å². The van der Waals surface area contributed by atoms with Gasteiger partial charge in [0, 0.05) is 16.5 Å². The first-order valence-corrected chi connectivity index (χ1v) is 7.02. The molecule has 0 saturated carbocycles. The number of carbonyl (C=O) groups is 1. The van der Waals surface area contributed by atoms with Crippen molar-refractivity contribution in [2.24, 2.45) is 0 Å². The minimum Gasteiger partial charge on any atom is -0.496 e. The molecule has 1 aromatic heterocycles. The highest BCUT2D eigenvalue weighted by Gasteiger charge is 2.13. The molecule has 0 fully saturated rings. The smallest absolute Gasteiger partial charge is 0.153 e. The fourth-order valence-corrected chi connectivity index (χ4v) is 2.55. The lowest BCUT2D eigenvalue weighted by Gasteiger charge is -2.13. The van der Waals surface area contributed by atoms with Crippen molar-refractivity contribution in [1.82, 2.24) is 0 Å². The molecule has 0 unspecified atom stereocenters. The standard InChI is InChI=1S/C15H16O3S/c1-3-6-18-13-9-14(17-2)12(8-11(13)10-16)15-5-4-7-19-15/h4-5,7-10H,3,6H2,1-2H3. The second-order valence-electron chi connectivity index (χ2n) is 4.03. The molecule has 0 atom stereocenters. The number of thiophene rings is 1. The van der Waals surface area contributed by atoms with Gasteiger partial charge < -0.3 is 9.47 Å². The number of hydrogen-bond acceptors (Lipinski definition) is 4. The van der Waals surface area contributed by atoms with Crippen molar-refractivity contribution >= 4 is 17.6 Å². The average Bonchev–Trinajstić information content (AvgIpc) is 2.98. The molecule has 0 aliphatic heterocycles. The Balaban J connectivity index is 2.47. The molecule has 2 rings (SSSR count). The minimum atomic E-state index is 0.553. The predicted molar refractivity (Wildman–Crippen MR) is 77.5 cm³/mol. The quantitative estimate of drug-likeness (QED) is 0.747. The maximum atomic E-state index is 11.2. The molecule has 1 aromatic carbocycles. The van der Waals surface area contributed by atoms with Crippen LogP contribution in [0.4, 0.5) is 0 Å². The van der Waals surface area contributed by atoms with Gasteiger partial charge in [0.05, 0.1) is 19.3 Å². The molecule has 0 saturated heterocycles. The Morgan fingerprint density at radius 3 is 2.74 bits per heavy atom. The summed E-state index contributed by atoms with van der Waals surface area (Å²) in [5.74, 6) is 1.30. The Morgan fingerprint density at radius 2 is 2.16 bits per heavy atom. The number of ether oxygens (including phenoxy) is 2. The minimum absolute atomic E-state index is 0.553. The predicted octanol–water partition coefficient (Wildman–Crippen LogP) is 4.03. The van der Waals surface area contributed by atoms with Crippen molar-refractivity contribution in [3.8, 4) is 21.9 Å². The Labute approximate surface area is 116 Å². The van der Waals surface area contributed by atoms with Gasteiger partial charge in [-0.1, -0.05) is 13.0 Å². The molecule has 0 aliphatic carbocycles. The van der Waals surface area contributed by atoms with Crippen molar-refractivity contribution in [1.29, 1.82) is 0 Å². The van der Waals surface area contributed by atoms with E-state index in [9.17, 15) is 4.79 Å². The van der Waals surface area contributed by atoms with Gasteiger partial charge in [0.2, 0.25) is 0 Å². The Bertz CT molecular complexity index is 547. The van der Waals surface area contributed by atoms with E-state index in [4.69, 9.17) is 9.47 Å². The Kier molecular flexibility index (Phi) is 4.58. The number of hydrogen-bond donors (Lipinski definition) is 0. The molecule has 0 radical (unpaired) electrons. The summed E-state index contributed by atoms with van der Waals surface area (Å²) in [5.41, 5.74) is 1.47. The summed E-state index contributed by atoms with van der Waals surface area (Å²) in [7, 11) is 1.62. The van der Waals surface area contributed by atoms with E-state index in [0.29, 0.717) is 17.9 Å². The first-order chi connectivity index (χ1) is 9.30. The van der Waals surface area contributed by atoms with Crippen molar-refractivity contribution < 1.29 is 14.3 Å². The second kappa shape index (κ2) is 6.38. The van der Waals surface area contributed by atoms with Crippen LogP contribution in [0.5, 0.6) is 11.5 Å². The number of methoxy groups -OCH3 is 1. The zero-order valence-electron chi connectivity index (χ0n) is 11.0. The molecule has 0 N–H and O–H groups in total. The lowest BCUT2D eigenvalue weighted by molar-refractivity contribution is 0.111. The Morgan fingerprint density at radius 1 is 1.32 bits per heavy atom. The van der Waals surface area contributed by atoms with E-state index >= 15 is 0 Å². The van der Waals surface area contributed by atoms with Crippen LogP contribution in [0.3, 0.4) is 0 Å². The van der Waals surface area contributed by atoms with Crippen LogP contribution in [-0.4, -0.2) is 20.0 Å². The fraction of sp³-hybridized carbons (Fsp3) is 0.267. The monoisotopic (exact) mass is 276 g/mol. The van der Waals surface area contributed by atoms with Gasteiger partial charge in [0.25, 0.3) is 0 Å². The molecule has 0 bridgehead atoms. The van der Waals surface area contributed by atoms with Gasteiger partial charge in [-0.05, 0) is 23.9 Å². The zero-order valence-corrected chi connectivity index (χ0v) is 11.8. The van der Waals surface area contributed by atoms with Crippen LogP contribution in [0.15, 0.2) is 29.6 Å². The number of carbonyl (C=O) groups excluding carboxylic acids is 1. The van der Waals surface area contributed by atoms with E-state index < -0.39 is 0 Å². The summed E-state index contributed by atoms with van der Waals surface area (Å²) in [6.45, 7) is 2.61. The molecule has 2 aromatic rings. The van der Waals surface area contributed by atoms with Crippen LogP contribution >= 0.6 is 11.3 Å². The van der Waals surface area contributed by atoms with Crippen molar-refractivity contribution in [2.75, 3.05) is 13.7 Å². The Hall–Kier alpha value is -1.81. The molecule has 0 amide bonds. The van der Waals surface area contributed by atoms with E-state index in [0.717, 1.165) is 28.9 Å². The summed E-state index contributed by atoms with van der Waals surface area (Å²) in [5, 5.41) is 2.00. The molecular formula is C15H16O3S. The lowest BCUT2D eigenvalue weighted by atomic mass is 10.1. The third kappa shape index (κ3) is 2.96. The summed E-state index contributed by atoms with van der Waals surface area (Å²) in [6.07, 6.45) is 1.72. The molecule has 1 heterocycles. The van der Waals surface area contributed by atoms with E-state index in [1.807, 2.05) is 30.5 Å². The molecule has 0 aliphatic rings. The highest BCUT2D eigenvalue weighted by molar-refractivity contribution is 7.13.